The van der Waals surface area contributed by atoms with Crippen LogP contribution in [0.3, 0.4) is 0 Å². The van der Waals surface area contributed by atoms with Crippen LogP contribution in [-0.2, 0) is 14.9 Å². The van der Waals surface area contributed by atoms with Gasteiger partial charge in [0.2, 0.25) is 0 Å². The van der Waals surface area contributed by atoms with Crippen molar-refractivity contribution in [2.45, 2.75) is 6.92 Å². The fourth-order valence-corrected chi connectivity index (χ4v) is 2.08. The number of nitrogens with one attached hydrogen (secondary N) is 2. The molecule has 0 bridgehead atoms. The standard InChI is InChI=1S/C10H13N3O4S2/c1-2-17-10(14)13-19(15,16)12-8-5-3-4-7(6-8)9(11)18/h3-6,12H,2H2,1H3,(H2,11,18)(H,13,14). The van der Waals surface area contributed by atoms with E-state index in [-0.39, 0.29) is 17.3 Å². The SMILES string of the molecule is CCOC(=O)NS(=O)(=O)Nc1cccc(C(N)=S)c1. The molecule has 0 aliphatic carbocycles. The van der Waals surface area contributed by atoms with E-state index in [1.807, 2.05) is 0 Å². The largest absolute Gasteiger partial charge is 0.449 e. The molecular weight excluding hydrogens is 290 g/mol. The van der Waals surface area contributed by atoms with E-state index in [2.05, 4.69) is 9.46 Å². The van der Waals surface area contributed by atoms with E-state index in [0.717, 1.165) is 0 Å². The van der Waals surface area contributed by atoms with Crippen LogP contribution in [0.25, 0.3) is 0 Å². The first kappa shape index (κ1) is 15.2. The van der Waals surface area contributed by atoms with Crippen LogP contribution in [0.2, 0.25) is 0 Å². The van der Waals surface area contributed by atoms with E-state index in [0.29, 0.717) is 5.56 Å². The Labute approximate surface area is 116 Å². The lowest BCUT2D eigenvalue weighted by Gasteiger charge is -2.10. The zero-order valence-corrected chi connectivity index (χ0v) is 11.7. The molecule has 0 radical (unpaired) electrons. The Balaban J connectivity index is 2.81. The van der Waals surface area contributed by atoms with Crippen LogP contribution in [0.4, 0.5) is 10.5 Å². The van der Waals surface area contributed by atoms with Crippen LogP contribution < -0.4 is 15.2 Å². The summed E-state index contributed by atoms with van der Waals surface area (Å²) in [4.78, 5) is 11.2. The molecule has 0 unspecified atom stereocenters. The van der Waals surface area contributed by atoms with E-state index >= 15 is 0 Å². The second-order valence-corrected chi connectivity index (χ2v) is 5.23. The van der Waals surface area contributed by atoms with Crippen molar-refractivity contribution in [2.75, 3.05) is 11.3 Å². The average molecular weight is 303 g/mol. The maximum absolute atomic E-state index is 11.6. The Bertz CT molecular complexity index is 586. The lowest BCUT2D eigenvalue weighted by molar-refractivity contribution is 0.159. The van der Waals surface area contributed by atoms with Gasteiger partial charge in [0, 0.05) is 5.56 Å². The van der Waals surface area contributed by atoms with E-state index in [1.54, 1.807) is 23.8 Å². The average Bonchev–Trinajstić information content (AvgIpc) is 2.27. The smallest absolute Gasteiger partial charge is 0.422 e. The molecule has 0 saturated heterocycles. The number of benzene rings is 1. The van der Waals surface area contributed by atoms with Gasteiger partial charge in [-0.3, -0.25) is 4.72 Å². The fraction of sp³-hybridized carbons (Fsp3) is 0.200. The van der Waals surface area contributed by atoms with Gasteiger partial charge in [-0.15, -0.1) is 0 Å². The highest BCUT2D eigenvalue weighted by atomic mass is 32.2. The second kappa shape index (κ2) is 6.34. The van der Waals surface area contributed by atoms with Crippen molar-refractivity contribution < 1.29 is 17.9 Å². The number of carbonyl (C=O) groups excluding carboxylic acids is 1. The molecule has 0 fully saturated rings. The van der Waals surface area contributed by atoms with Gasteiger partial charge in [0.05, 0.1) is 12.3 Å². The number of rotatable bonds is 5. The Hall–Kier alpha value is -1.87. The molecule has 0 aliphatic rings. The van der Waals surface area contributed by atoms with Crippen LogP contribution in [0.5, 0.6) is 0 Å². The molecule has 1 aromatic carbocycles. The number of carbonyl (C=O) groups is 1. The van der Waals surface area contributed by atoms with Gasteiger partial charge in [0.15, 0.2) is 0 Å². The summed E-state index contributed by atoms with van der Waals surface area (Å²) < 4.78 is 31.5. The minimum atomic E-state index is -4.06. The molecular formula is C10H13N3O4S2. The van der Waals surface area contributed by atoms with Crippen LogP contribution in [0, 0.1) is 0 Å². The Morgan fingerprint density at radius 3 is 2.74 bits per heavy atom. The Kier molecular flexibility index (Phi) is 5.07. The summed E-state index contributed by atoms with van der Waals surface area (Å²) in [7, 11) is -4.06. The first-order valence-corrected chi connectivity index (χ1v) is 7.10. The molecule has 9 heteroatoms. The highest BCUT2D eigenvalue weighted by molar-refractivity contribution is 7.91. The summed E-state index contributed by atoms with van der Waals surface area (Å²) in [6, 6.07) is 6.16. The lowest BCUT2D eigenvalue weighted by atomic mass is 10.2. The molecule has 0 aromatic heterocycles. The van der Waals surface area contributed by atoms with E-state index in [1.165, 1.54) is 12.1 Å². The summed E-state index contributed by atoms with van der Waals surface area (Å²) >= 11 is 4.78. The number of ether oxygens (including phenoxy) is 1. The summed E-state index contributed by atoms with van der Waals surface area (Å²) in [5.74, 6) is 0. The van der Waals surface area contributed by atoms with Crippen LogP contribution >= 0.6 is 12.2 Å². The van der Waals surface area contributed by atoms with Gasteiger partial charge >= 0.3 is 16.3 Å². The molecule has 1 aromatic rings. The number of hydrogen-bond donors (Lipinski definition) is 3. The highest BCUT2D eigenvalue weighted by Gasteiger charge is 2.15. The van der Waals surface area contributed by atoms with Gasteiger partial charge in [-0.05, 0) is 19.1 Å². The molecule has 0 heterocycles. The van der Waals surface area contributed by atoms with Gasteiger partial charge in [0.1, 0.15) is 4.99 Å². The molecule has 0 spiro atoms. The summed E-state index contributed by atoms with van der Waals surface area (Å²) in [6.45, 7) is 1.63. The molecule has 19 heavy (non-hydrogen) atoms. The minimum Gasteiger partial charge on any atom is -0.449 e. The number of amides is 1. The molecule has 104 valence electrons. The topological polar surface area (TPSA) is 111 Å². The number of nitrogens with two attached hydrogens (primary N) is 1. The Morgan fingerprint density at radius 2 is 2.16 bits per heavy atom. The quantitative estimate of drug-likeness (QED) is 0.691. The summed E-state index contributed by atoms with van der Waals surface area (Å²) in [6.07, 6.45) is -1.06. The van der Waals surface area contributed by atoms with Crippen molar-refractivity contribution in [1.29, 1.82) is 0 Å². The summed E-state index contributed by atoms with van der Waals surface area (Å²) in [5, 5.41) is 0. The zero-order valence-electron chi connectivity index (χ0n) is 10.0. The zero-order chi connectivity index (χ0) is 14.5. The van der Waals surface area contributed by atoms with Crippen molar-refractivity contribution in [3.63, 3.8) is 0 Å². The number of anilines is 1. The maximum atomic E-state index is 11.6. The molecule has 7 nitrogen and oxygen atoms in total. The minimum absolute atomic E-state index is 0.0677. The maximum Gasteiger partial charge on any atom is 0.422 e. The van der Waals surface area contributed by atoms with Crippen LogP contribution in [0.15, 0.2) is 24.3 Å². The fourth-order valence-electron chi connectivity index (χ4n) is 1.19. The Morgan fingerprint density at radius 1 is 1.47 bits per heavy atom. The van der Waals surface area contributed by atoms with E-state index in [9.17, 15) is 13.2 Å². The van der Waals surface area contributed by atoms with Crippen LogP contribution in [0.1, 0.15) is 12.5 Å². The summed E-state index contributed by atoms with van der Waals surface area (Å²) in [5.41, 5.74) is 6.16. The van der Waals surface area contributed by atoms with Gasteiger partial charge in [-0.2, -0.15) is 8.42 Å². The van der Waals surface area contributed by atoms with Gasteiger partial charge in [-0.1, -0.05) is 24.4 Å². The molecule has 1 rings (SSSR count). The van der Waals surface area contributed by atoms with Gasteiger partial charge in [-0.25, -0.2) is 9.52 Å². The third-order valence-electron chi connectivity index (χ3n) is 1.89. The molecule has 1 amide bonds. The van der Waals surface area contributed by atoms with Crippen molar-refractivity contribution in [2.24, 2.45) is 5.73 Å². The van der Waals surface area contributed by atoms with Gasteiger partial charge in [0.25, 0.3) is 0 Å². The van der Waals surface area contributed by atoms with Gasteiger partial charge < -0.3 is 10.5 Å². The predicted molar refractivity (Wildman–Crippen MR) is 75.0 cm³/mol. The first-order valence-electron chi connectivity index (χ1n) is 5.21. The van der Waals surface area contributed by atoms with Crippen LogP contribution in [-0.4, -0.2) is 26.1 Å². The number of hydrogen-bond acceptors (Lipinski definition) is 5. The first-order chi connectivity index (χ1) is 8.84. The normalized spacial score (nSPS) is 10.6. The third kappa shape index (κ3) is 5.10. The van der Waals surface area contributed by atoms with Crippen molar-refractivity contribution >= 4 is 39.2 Å². The van der Waals surface area contributed by atoms with E-state index in [4.69, 9.17) is 18.0 Å². The second-order valence-electron chi connectivity index (χ2n) is 3.37. The predicted octanol–water partition coefficient (Wildman–Crippen LogP) is 0.724. The highest BCUT2D eigenvalue weighted by Crippen LogP contribution is 2.11. The molecule has 0 aliphatic heterocycles. The molecule has 0 atom stereocenters. The van der Waals surface area contributed by atoms with Crippen molar-refractivity contribution in [3.05, 3.63) is 29.8 Å². The van der Waals surface area contributed by atoms with Crippen molar-refractivity contribution in [3.8, 4) is 0 Å². The monoisotopic (exact) mass is 303 g/mol. The molecule has 0 saturated carbocycles. The molecule has 4 N–H and O–H groups in total. The number of thiocarbonyl (C=S) groups is 1. The van der Waals surface area contributed by atoms with E-state index < -0.39 is 16.3 Å². The third-order valence-corrected chi connectivity index (χ3v) is 3.07. The lowest BCUT2D eigenvalue weighted by Crippen LogP contribution is -2.35. The van der Waals surface area contributed by atoms with Crippen molar-refractivity contribution in [1.82, 2.24) is 4.72 Å².